The third-order valence-electron chi connectivity index (χ3n) is 2.47. The Kier molecular flexibility index (Phi) is 3.46. The maximum Gasteiger partial charge on any atom is 0.279 e. The Labute approximate surface area is 102 Å². The van der Waals surface area contributed by atoms with Gasteiger partial charge in [0, 0.05) is 16.7 Å². The summed E-state index contributed by atoms with van der Waals surface area (Å²) in [5.41, 5.74) is 6.73. The van der Waals surface area contributed by atoms with Crippen LogP contribution in [-0.2, 0) is 4.84 Å². The monoisotopic (exact) mass is 284 g/mol. The van der Waals surface area contributed by atoms with Gasteiger partial charge in [-0.3, -0.25) is 9.63 Å². The van der Waals surface area contributed by atoms with Gasteiger partial charge in [-0.05, 0) is 31.0 Å². The molecule has 1 fully saturated rings. The highest BCUT2D eigenvalue weighted by Crippen LogP contribution is 2.21. The van der Waals surface area contributed by atoms with Gasteiger partial charge < -0.3 is 5.73 Å². The van der Waals surface area contributed by atoms with Crippen molar-refractivity contribution in [1.82, 2.24) is 5.06 Å². The summed E-state index contributed by atoms with van der Waals surface area (Å²) in [6, 6.07) is 5.24. The first-order valence-corrected chi connectivity index (χ1v) is 5.97. The average Bonchev–Trinajstić information content (AvgIpc) is 2.32. The molecule has 0 atom stereocenters. The van der Waals surface area contributed by atoms with E-state index in [1.165, 1.54) is 5.06 Å². The number of halogens is 1. The zero-order chi connectivity index (χ0) is 11.5. The molecule has 2 N–H and O–H groups in total. The molecule has 1 saturated heterocycles. The van der Waals surface area contributed by atoms with Crippen LogP contribution in [0.1, 0.15) is 23.2 Å². The molecule has 16 heavy (non-hydrogen) atoms. The number of carbonyl (C=O) groups is 1. The van der Waals surface area contributed by atoms with E-state index in [0.29, 0.717) is 24.4 Å². The molecule has 0 aromatic heterocycles. The van der Waals surface area contributed by atoms with E-state index in [2.05, 4.69) is 15.9 Å². The topological polar surface area (TPSA) is 55.6 Å². The van der Waals surface area contributed by atoms with Crippen molar-refractivity contribution in [2.75, 3.05) is 18.9 Å². The summed E-state index contributed by atoms with van der Waals surface area (Å²) in [6.07, 6.45) is 1.97. The minimum atomic E-state index is -0.168. The lowest BCUT2D eigenvalue weighted by atomic mass is 10.1. The highest BCUT2D eigenvalue weighted by molar-refractivity contribution is 9.10. The Bertz CT molecular complexity index is 403. The van der Waals surface area contributed by atoms with E-state index in [-0.39, 0.29) is 5.91 Å². The molecule has 0 aliphatic carbocycles. The van der Waals surface area contributed by atoms with Crippen LogP contribution in [0.5, 0.6) is 0 Å². The molecule has 1 amide bonds. The minimum absolute atomic E-state index is 0.168. The van der Waals surface area contributed by atoms with Crippen molar-refractivity contribution in [1.29, 1.82) is 0 Å². The van der Waals surface area contributed by atoms with E-state index >= 15 is 0 Å². The van der Waals surface area contributed by atoms with Gasteiger partial charge in [-0.15, -0.1) is 0 Å². The fraction of sp³-hybridized carbons (Fsp3) is 0.364. The average molecular weight is 285 g/mol. The molecule has 1 aliphatic heterocycles. The van der Waals surface area contributed by atoms with Gasteiger partial charge in [-0.2, -0.15) is 0 Å². The summed E-state index contributed by atoms with van der Waals surface area (Å²) >= 11 is 3.32. The second-order valence-electron chi connectivity index (χ2n) is 3.68. The standard InChI is InChI=1S/C11H13BrN2O2/c12-8-3-4-10(13)9(7-8)11(15)14-5-1-2-6-16-14/h3-4,7H,1-2,5-6,13H2. The van der Waals surface area contributed by atoms with Crippen LogP contribution in [0.4, 0.5) is 5.69 Å². The van der Waals surface area contributed by atoms with Gasteiger partial charge in [0.05, 0.1) is 12.2 Å². The van der Waals surface area contributed by atoms with Crippen LogP contribution >= 0.6 is 15.9 Å². The van der Waals surface area contributed by atoms with E-state index in [1.54, 1.807) is 12.1 Å². The Morgan fingerprint density at radius 2 is 2.25 bits per heavy atom. The van der Waals surface area contributed by atoms with Crippen LogP contribution in [0.15, 0.2) is 22.7 Å². The molecule has 0 unspecified atom stereocenters. The molecule has 1 aromatic rings. The van der Waals surface area contributed by atoms with Crippen LogP contribution in [0.3, 0.4) is 0 Å². The van der Waals surface area contributed by atoms with Gasteiger partial charge in [0.2, 0.25) is 0 Å². The van der Waals surface area contributed by atoms with Gasteiger partial charge in [-0.1, -0.05) is 15.9 Å². The Morgan fingerprint density at radius 1 is 1.44 bits per heavy atom. The number of amides is 1. The molecule has 86 valence electrons. The zero-order valence-electron chi connectivity index (χ0n) is 8.78. The van der Waals surface area contributed by atoms with Gasteiger partial charge in [0.25, 0.3) is 5.91 Å². The summed E-state index contributed by atoms with van der Waals surface area (Å²) in [4.78, 5) is 17.4. The van der Waals surface area contributed by atoms with E-state index < -0.39 is 0 Å². The first-order valence-electron chi connectivity index (χ1n) is 5.18. The van der Waals surface area contributed by atoms with Gasteiger partial charge in [0.1, 0.15) is 0 Å². The maximum absolute atomic E-state index is 12.1. The van der Waals surface area contributed by atoms with Crippen molar-refractivity contribution < 1.29 is 9.63 Å². The van der Waals surface area contributed by atoms with Gasteiger partial charge in [-0.25, -0.2) is 5.06 Å². The largest absolute Gasteiger partial charge is 0.398 e. The number of hydrogen-bond donors (Lipinski definition) is 1. The molecule has 0 bridgehead atoms. The van der Waals surface area contributed by atoms with Crippen LogP contribution in [0.2, 0.25) is 0 Å². The van der Waals surface area contributed by atoms with Crippen molar-refractivity contribution in [2.45, 2.75) is 12.8 Å². The minimum Gasteiger partial charge on any atom is -0.398 e. The molecule has 0 saturated carbocycles. The first kappa shape index (κ1) is 11.4. The third-order valence-corrected chi connectivity index (χ3v) is 2.97. The van der Waals surface area contributed by atoms with E-state index in [9.17, 15) is 4.79 Å². The lowest BCUT2D eigenvalue weighted by molar-refractivity contribution is -0.144. The second-order valence-corrected chi connectivity index (χ2v) is 4.59. The van der Waals surface area contributed by atoms with E-state index in [1.807, 2.05) is 6.07 Å². The Hall–Kier alpha value is -1.07. The normalized spacial score (nSPS) is 16.2. The number of nitrogens with zero attached hydrogens (tertiary/aromatic N) is 1. The number of carbonyl (C=O) groups excluding carboxylic acids is 1. The number of nitrogens with two attached hydrogens (primary N) is 1. The number of benzene rings is 1. The molecule has 1 heterocycles. The summed E-state index contributed by atoms with van der Waals surface area (Å²) in [6.45, 7) is 1.23. The Morgan fingerprint density at radius 3 is 2.94 bits per heavy atom. The molecule has 5 heteroatoms. The fourth-order valence-corrected chi connectivity index (χ4v) is 1.97. The van der Waals surface area contributed by atoms with Crippen molar-refractivity contribution in [2.24, 2.45) is 0 Å². The number of nitrogen functional groups attached to an aromatic ring is 1. The quantitative estimate of drug-likeness (QED) is 0.805. The number of anilines is 1. The van der Waals surface area contributed by atoms with Gasteiger partial charge in [0.15, 0.2) is 0 Å². The summed E-state index contributed by atoms with van der Waals surface area (Å²) in [5.74, 6) is -0.168. The van der Waals surface area contributed by atoms with Crippen molar-refractivity contribution >= 4 is 27.5 Å². The molecule has 0 spiro atoms. The van der Waals surface area contributed by atoms with E-state index in [4.69, 9.17) is 10.6 Å². The fourth-order valence-electron chi connectivity index (χ4n) is 1.60. The van der Waals surface area contributed by atoms with Crippen LogP contribution in [-0.4, -0.2) is 24.1 Å². The number of hydrogen-bond acceptors (Lipinski definition) is 3. The summed E-state index contributed by atoms with van der Waals surface area (Å²) < 4.78 is 0.835. The second kappa shape index (κ2) is 4.84. The predicted molar refractivity (Wildman–Crippen MR) is 64.8 cm³/mol. The number of rotatable bonds is 1. The molecule has 4 nitrogen and oxygen atoms in total. The van der Waals surface area contributed by atoms with Crippen molar-refractivity contribution in [3.05, 3.63) is 28.2 Å². The lowest BCUT2D eigenvalue weighted by Gasteiger charge is -2.26. The zero-order valence-corrected chi connectivity index (χ0v) is 10.4. The molecule has 2 rings (SSSR count). The molecule has 1 aliphatic rings. The molecular formula is C11H13BrN2O2. The van der Waals surface area contributed by atoms with Gasteiger partial charge >= 0.3 is 0 Å². The van der Waals surface area contributed by atoms with Crippen molar-refractivity contribution in [3.63, 3.8) is 0 Å². The van der Waals surface area contributed by atoms with E-state index in [0.717, 1.165) is 17.3 Å². The molecule has 0 radical (unpaired) electrons. The summed E-state index contributed by atoms with van der Waals surface area (Å²) in [5, 5.41) is 1.39. The van der Waals surface area contributed by atoms with Crippen LogP contribution < -0.4 is 5.73 Å². The highest BCUT2D eigenvalue weighted by Gasteiger charge is 2.21. The Balaban J connectivity index is 2.22. The maximum atomic E-state index is 12.1. The number of hydroxylamine groups is 2. The molecular weight excluding hydrogens is 272 g/mol. The predicted octanol–water partition coefficient (Wildman–Crippen LogP) is 2.20. The lowest BCUT2D eigenvalue weighted by Crippen LogP contribution is -2.36. The SMILES string of the molecule is Nc1ccc(Br)cc1C(=O)N1CCCCO1. The third kappa shape index (κ3) is 2.36. The summed E-state index contributed by atoms with van der Waals surface area (Å²) in [7, 11) is 0. The van der Waals surface area contributed by atoms with Crippen molar-refractivity contribution in [3.8, 4) is 0 Å². The van der Waals surface area contributed by atoms with Crippen LogP contribution in [0.25, 0.3) is 0 Å². The first-order chi connectivity index (χ1) is 7.68. The van der Waals surface area contributed by atoms with Crippen LogP contribution in [0, 0.1) is 0 Å². The highest BCUT2D eigenvalue weighted by atomic mass is 79.9. The smallest absolute Gasteiger partial charge is 0.279 e. The molecule has 1 aromatic carbocycles.